The van der Waals surface area contributed by atoms with E-state index < -0.39 is 17.5 Å². The third-order valence-corrected chi connectivity index (χ3v) is 8.34. The van der Waals surface area contributed by atoms with Crippen LogP contribution in [0.1, 0.15) is 24.1 Å². The van der Waals surface area contributed by atoms with Crippen molar-refractivity contribution in [3.63, 3.8) is 0 Å². The number of fused-ring (bicyclic) bond motifs is 2. The maximum absolute atomic E-state index is 14.3. The highest BCUT2D eigenvalue weighted by molar-refractivity contribution is 7.07. The number of allylic oxidation sites excluding steroid dienone is 1. The topological polar surface area (TPSA) is 102 Å². The van der Waals surface area contributed by atoms with E-state index in [0.717, 1.165) is 17.0 Å². The fourth-order valence-corrected chi connectivity index (χ4v) is 6.45. The van der Waals surface area contributed by atoms with Crippen LogP contribution in [0.4, 0.5) is 11.4 Å². The molecule has 6 rings (SSSR count). The van der Waals surface area contributed by atoms with Crippen molar-refractivity contribution in [2.24, 2.45) is 4.99 Å². The lowest BCUT2D eigenvalue weighted by atomic mass is 9.94. The lowest BCUT2D eigenvalue weighted by Gasteiger charge is -2.26. The first-order chi connectivity index (χ1) is 19.8. The van der Waals surface area contributed by atoms with Gasteiger partial charge in [0.2, 0.25) is 0 Å². The number of carbonyl (C=O) groups is 2. The number of methoxy groups -OCH3 is 2. The molecule has 3 heterocycles. The van der Waals surface area contributed by atoms with E-state index in [0.29, 0.717) is 44.4 Å². The molecule has 0 radical (unpaired) electrons. The van der Waals surface area contributed by atoms with E-state index in [2.05, 4.69) is 5.32 Å². The van der Waals surface area contributed by atoms with Gasteiger partial charge in [0.25, 0.3) is 17.4 Å². The minimum absolute atomic E-state index is 0.264. The molecule has 1 atom stereocenters. The number of nitrogens with zero attached hydrogens (tertiary/aromatic N) is 3. The van der Waals surface area contributed by atoms with Gasteiger partial charge in [-0.15, -0.1) is 0 Å². The molecule has 0 spiro atoms. The molecule has 0 saturated carbocycles. The Hall–Kier alpha value is -4.96. The average molecular weight is 567 g/mol. The smallest absolute Gasteiger partial charge is 0.271 e. The van der Waals surface area contributed by atoms with Gasteiger partial charge in [-0.1, -0.05) is 47.7 Å². The van der Waals surface area contributed by atoms with Gasteiger partial charge in [-0.2, -0.15) is 0 Å². The van der Waals surface area contributed by atoms with Crippen LogP contribution in [0.3, 0.4) is 0 Å². The summed E-state index contributed by atoms with van der Waals surface area (Å²) in [5, 5.41) is 2.94. The molecule has 0 fully saturated rings. The van der Waals surface area contributed by atoms with Crippen molar-refractivity contribution in [3.8, 4) is 11.5 Å². The van der Waals surface area contributed by atoms with Crippen LogP contribution in [-0.4, -0.2) is 37.6 Å². The Morgan fingerprint density at radius 3 is 2.44 bits per heavy atom. The number of para-hydroxylation sites is 2. The summed E-state index contributed by atoms with van der Waals surface area (Å²) in [5.41, 5.74) is 3.24. The van der Waals surface area contributed by atoms with E-state index >= 15 is 0 Å². The lowest BCUT2D eigenvalue weighted by molar-refractivity contribution is -0.113. The number of thiazole rings is 1. The summed E-state index contributed by atoms with van der Waals surface area (Å²) >= 11 is 1.14. The molecule has 2 aliphatic rings. The van der Waals surface area contributed by atoms with E-state index in [4.69, 9.17) is 14.5 Å². The normalized spacial score (nSPS) is 17.1. The molecule has 0 unspecified atom stereocenters. The number of anilines is 2. The first-order valence-corrected chi connectivity index (χ1v) is 13.7. The summed E-state index contributed by atoms with van der Waals surface area (Å²) < 4.78 is 12.9. The molecule has 2 amide bonds. The number of nitrogens with one attached hydrogen (secondary N) is 1. The van der Waals surface area contributed by atoms with Crippen molar-refractivity contribution >= 4 is 40.1 Å². The van der Waals surface area contributed by atoms with Crippen LogP contribution in [0.15, 0.2) is 93.9 Å². The number of hydrogen-bond acceptors (Lipinski definition) is 7. The molecule has 4 aromatic rings. The van der Waals surface area contributed by atoms with E-state index in [1.165, 1.54) is 16.6 Å². The number of amides is 2. The Morgan fingerprint density at radius 1 is 0.976 bits per heavy atom. The zero-order valence-corrected chi connectivity index (χ0v) is 23.6. The van der Waals surface area contributed by atoms with E-state index in [1.54, 1.807) is 51.4 Å². The standard InChI is InChI=1S/C31H26N4O5S/c1-17-24(28(36)33-18-10-6-5-7-11-18)26(21-15-14-19(39-3)16-23(21)40-4)35-30(38)27(41-31(35)32-17)25-20-12-8-9-13-22(20)34(2)29(25)37/h5-16,26H,1-4H3,(H,33,36)/b27-25-/t26-/m1/s1. The van der Waals surface area contributed by atoms with Crippen LogP contribution >= 0.6 is 11.3 Å². The summed E-state index contributed by atoms with van der Waals surface area (Å²) in [6.07, 6.45) is 0. The highest BCUT2D eigenvalue weighted by Crippen LogP contribution is 2.38. The van der Waals surface area contributed by atoms with Crippen LogP contribution in [0.5, 0.6) is 11.5 Å². The number of carbonyl (C=O) groups excluding carboxylic acids is 2. The Morgan fingerprint density at radius 2 is 1.71 bits per heavy atom. The number of benzene rings is 3. The summed E-state index contributed by atoms with van der Waals surface area (Å²) in [4.78, 5) is 48.2. The van der Waals surface area contributed by atoms with Gasteiger partial charge < -0.3 is 19.7 Å². The number of rotatable bonds is 5. The van der Waals surface area contributed by atoms with Gasteiger partial charge >= 0.3 is 0 Å². The molecule has 41 heavy (non-hydrogen) atoms. The fourth-order valence-electron chi connectivity index (χ4n) is 5.31. The minimum atomic E-state index is -0.880. The van der Waals surface area contributed by atoms with E-state index in [1.807, 2.05) is 42.5 Å². The number of hydrogen-bond donors (Lipinski definition) is 1. The van der Waals surface area contributed by atoms with Gasteiger partial charge in [-0.05, 0) is 37.3 Å². The van der Waals surface area contributed by atoms with Gasteiger partial charge in [0.15, 0.2) is 4.80 Å². The molecular weight excluding hydrogens is 540 g/mol. The second kappa shape index (κ2) is 10.2. The maximum atomic E-state index is 14.3. The molecule has 0 saturated heterocycles. The average Bonchev–Trinajstić information content (AvgIpc) is 3.44. The van der Waals surface area contributed by atoms with Gasteiger partial charge in [0.1, 0.15) is 22.1 Å². The van der Waals surface area contributed by atoms with E-state index in [9.17, 15) is 14.4 Å². The van der Waals surface area contributed by atoms with Crippen molar-refractivity contribution in [3.05, 3.63) is 115 Å². The van der Waals surface area contributed by atoms with Crippen molar-refractivity contribution in [1.29, 1.82) is 0 Å². The zero-order valence-electron chi connectivity index (χ0n) is 22.8. The highest BCUT2D eigenvalue weighted by atomic mass is 32.1. The first-order valence-electron chi connectivity index (χ1n) is 12.8. The summed E-state index contributed by atoms with van der Waals surface area (Å²) in [5.74, 6) is 0.329. The lowest BCUT2D eigenvalue weighted by Crippen LogP contribution is -2.41. The predicted octanol–water partition coefficient (Wildman–Crippen LogP) is 3.24. The van der Waals surface area contributed by atoms with Gasteiger partial charge in [0, 0.05) is 29.9 Å². The number of likely N-dealkylation sites (N-methyl/N-ethyl adjacent to an activating group) is 1. The van der Waals surface area contributed by atoms with Gasteiger partial charge in [0.05, 0.1) is 36.8 Å². The monoisotopic (exact) mass is 566 g/mol. The third kappa shape index (κ3) is 4.23. The van der Waals surface area contributed by atoms with Crippen molar-refractivity contribution in [1.82, 2.24) is 4.57 Å². The Kier molecular flexibility index (Phi) is 6.55. The number of aromatic nitrogens is 1. The minimum Gasteiger partial charge on any atom is -0.497 e. The molecular formula is C31H26N4O5S. The van der Waals surface area contributed by atoms with Crippen molar-refractivity contribution < 1.29 is 19.1 Å². The van der Waals surface area contributed by atoms with Gasteiger partial charge in [-0.25, -0.2) is 4.99 Å². The molecule has 10 heteroatoms. The van der Waals surface area contributed by atoms with Crippen LogP contribution in [-0.2, 0) is 9.59 Å². The largest absolute Gasteiger partial charge is 0.497 e. The van der Waals surface area contributed by atoms with Crippen LogP contribution in [0, 0.1) is 0 Å². The fraction of sp³-hybridized carbons (Fsp3) is 0.161. The summed E-state index contributed by atoms with van der Waals surface area (Å²) in [6.45, 7) is 1.74. The molecule has 206 valence electrons. The SMILES string of the molecule is COc1ccc([C@@H]2C(C(=O)Nc3ccccc3)=C(C)N=c3s/c(=C4\C(=O)N(C)c5ccccc54)c(=O)n32)c(OC)c1. The molecule has 1 N–H and O–H groups in total. The van der Waals surface area contributed by atoms with Crippen molar-refractivity contribution in [2.75, 3.05) is 31.5 Å². The summed E-state index contributed by atoms with van der Waals surface area (Å²) in [7, 11) is 4.76. The molecule has 9 nitrogen and oxygen atoms in total. The quantitative estimate of drug-likeness (QED) is 0.400. The molecule has 0 bridgehead atoms. The second-order valence-electron chi connectivity index (χ2n) is 9.59. The first kappa shape index (κ1) is 26.3. The van der Waals surface area contributed by atoms with Crippen LogP contribution < -0.4 is 34.6 Å². The molecule has 2 aliphatic heterocycles. The summed E-state index contributed by atoms with van der Waals surface area (Å²) in [6, 6.07) is 20.8. The second-order valence-corrected chi connectivity index (χ2v) is 10.6. The molecule has 0 aliphatic carbocycles. The predicted molar refractivity (Wildman–Crippen MR) is 157 cm³/mol. The Bertz CT molecular complexity index is 1940. The van der Waals surface area contributed by atoms with Crippen molar-refractivity contribution in [2.45, 2.75) is 13.0 Å². The van der Waals surface area contributed by atoms with E-state index in [-0.39, 0.29) is 16.0 Å². The third-order valence-electron chi connectivity index (χ3n) is 7.29. The highest BCUT2D eigenvalue weighted by Gasteiger charge is 2.37. The molecule has 1 aromatic heterocycles. The Balaban J connectivity index is 1.62. The number of ether oxygens (including phenoxy) is 2. The maximum Gasteiger partial charge on any atom is 0.271 e. The zero-order chi connectivity index (χ0) is 28.8. The van der Waals surface area contributed by atoms with Crippen LogP contribution in [0.25, 0.3) is 5.57 Å². The molecule has 3 aromatic carbocycles. The Labute approximate surface area is 239 Å². The van der Waals surface area contributed by atoms with Gasteiger partial charge in [-0.3, -0.25) is 19.0 Å². The van der Waals surface area contributed by atoms with Crippen LogP contribution in [0.2, 0.25) is 0 Å².